The second-order valence-electron chi connectivity index (χ2n) is 8.03. The van der Waals surface area contributed by atoms with Crippen LogP contribution in [-0.2, 0) is 6.54 Å². The predicted octanol–water partition coefficient (Wildman–Crippen LogP) is 4.92. The van der Waals surface area contributed by atoms with Gasteiger partial charge in [-0.3, -0.25) is 4.79 Å². The average molecular weight is 400 g/mol. The molecule has 2 saturated heterocycles. The summed E-state index contributed by atoms with van der Waals surface area (Å²) in [7, 11) is 0. The Morgan fingerprint density at radius 2 is 1.68 bits per heavy atom. The number of hydrogen-bond acceptors (Lipinski definition) is 2. The molecule has 0 saturated carbocycles. The SMILES string of the molecule is CCn1cc(-c2ccc(Cl)cc2)cc1C(=O)N1CCC(N2CCCCC2)CC1. The second-order valence-corrected chi connectivity index (χ2v) is 8.46. The van der Waals surface area contributed by atoms with Gasteiger partial charge in [0.25, 0.3) is 5.91 Å². The Hall–Kier alpha value is -1.78. The van der Waals surface area contributed by atoms with Crippen molar-refractivity contribution in [3.63, 3.8) is 0 Å². The van der Waals surface area contributed by atoms with E-state index in [1.807, 2.05) is 35.2 Å². The van der Waals surface area contributed by atoms with Crippen LogP contribution in [0.25, 0.3) is 11.1 Å². The number of piperidine rings is 2. The van der Waals surface area contributed by atoms with Gasteiger partial charge in [0, 0.05) is 42.5 Å². The van der Waals surface area contributed by atoms with Crippen LogP contribution in [0.3, 0.4) is 0 Å². The Morgan fingerprint density at radius 1 is 1.00 bits per heavy atom. The summed E-state index contributed by atoms with van der Waals surface area (Å²) >= 11 is 6.01. The molecule has 0 atom stereocenters. The van der Waals surface area contributed by atoms with E-state index < -0.39 is 0 Å². The summed E-state index contributed by atoms with van der Waals surface area (Å²) < 4.78 is 2.07. The number of hydrogen-bond donors (Lipinski definition) is 0. The predicted molar refractivity (Wildman–Crippen MR) is 115 cm³/mol. The molecule has 0 aliphatic carbocycles. The molecule has 28 heavy (non-hydrogen) atoms. The fraction of sp³-hybridized carbons (Fsp3) is 0.522. The van der Waals surface area contributed by atoms with Gasteiger partial charge in [-0.15, -0.1) is 0 Å². The van der Waals surface area contributed by atoms with Gasteiger partial charge in [-0.2, -0.15) is 0 Å². The van der Waals surface area contributed by atoms with E-state index in [1.165, 1.54) is 32.4 Å². The zero-order valence-corrected chi connectivity index (χ0v) is 17.5. The van der Waals surface area contributed by atoms with E-state index in [-0.39, 0.29) is 5.91 Å². The van der Waals surface area contributed by atoms with Gasteiger partial charge < -0.3 is 14.4 Å². The lowest BCUT2D eigenvalue weighted by Gasteiger charge is -2.40. The van der Waals surface area contributed by atoms with Gasteiger partial charge in [-0.25, -0.2) is 0 Å². The van der Waals surface area contributed by atoms with Crippen molar-refractivity contribution in [1.82, 2.24) is 14.4 Å². The Kier molecular flexibility index (Phi) is 6.07. The molecule has 1 aromatic heterocycles. The topological polar surface area (TPSA) is 28.5 Å². The second kappa shape index (κ2) is 8.71. The molecule has 2 aliphatic rings. The number of carbonyl (C=O) groups excluding carboxylic acids is 1. The number of halogens is 1. The highest BCUT2D eigenvalue weighted by Gasteiger charge is 2.29. The van der Waals surface area contributed by atoms with E-state index in [1.54, 1.807) is 0 Å². The van der Waals surface area contributed by atoms with Crippen molar-refractivity contribution in [3.05, 3.63) is 47.2 Å². The Bertz CT molecular complexity index is 800. The van der Waals surface area contributed by atoms with Crippen molar-refractivity contribution in [3.8, 4) is 11.1 Å². The molecule has 0 N–H and O–H groups in total. The van der Waals surface area contributed by atoms with E-state index >= 15 is 0 Å². The van der Waals surface area contributed by atoms with Crippen LogP contribution in [0.4, 0.5) is 0 Å². The molecule has 1 aromatic carbocycles. The van der Waals surface area contributed by atoms with E-state index in [9.17, 15) is 4.79 Å². The smallest absolute Gasteiger partial charge is 0.270 e. The number of benzene rings is 1. The molecule has 2 aliphatic heterocycles. The summed E-state index contributed by atoms with van der Waals surface area (Å²) in [5.74, 6) is 0.166. The third kappa shape index (κ3) is 4.13. The quantitative estimate of drug-likeness (QED) is 0.730. The molecule has 3 heterocycles. The summed E-state index contributed by atoms with van der Waals surface area (Å²) in [6, 6.07) is 10.5. The largest absolute Gasteiger partial charge is 0.343 e. The lowest BCUT2D eigenvalue weighted by Crippen LogP contribution is -2.48. The van der Waals surface area contributed by atoms with Crippen LogP contribution in [0.2, 0.25) is 5.02 Å². The van der Waals surface area contributed by atoms with Gasteiger partial charge in [0.2, 0.25) is 0 Å². The molecular weight excluding hydrogens is 370 g/mol. The zero-order valence-electron chi connectivity index (χ0n) is 16.7. The Labute approximate surface area is 173 Å². The Morgan fingerprint density at radius 3 is 2.32 bits per heavy atom. The Balaban J connectivity index is 1.45. The molecule has 4 rings (SSSR count). The first kappa shape index (κ1) is 19.5. The van der Waals surface area contributed by atoms with Gasteiger partial charge in [0.05, 0.1) is 0 Å². The van der Waals surface area contributed by atoms with Crippen molar-refractivity contribution < 1.29 is 4.79 Å². The van der Waals surface area contributed by atoms with Gasteiger partial charge in [-0.05, 0) is 69.5 Å². The van der Waals surface area contributed by atoms with Crippen molar-refractivity contribution >= 4 is 17.5 Å². The molecule has 1 amide bonds. The van der Waals surface area contributed by atoms with Gasteiger partial charge >= 0.3 is 0 Å². The maximum Gasteiger partial charge on any atom is 0.270 e. The van der Waals surface area contributed by atoms with Crippen molar-refractivity contribution in [2.24, 2.45) is 0 Å². The fourth-order valence-corrected chi connectivity index (χ4v) is 4.76. The zero-order chi connectivity index (χ0) is 19.5. The normalized spacial score (nSPS) is 19.1. The molecule has 150 valence electrons. The maximum atomic E-state index is 13.2. The van der Waals surface area contributed by atoms with Crippen LogP contribution in [0.15, 0.2) is 36.5 Å². The van der Waals surface area contributed by atoms with E-state index in [0.29, 0.717) is 6.04 Å². The summed E-state index contributed by atoms with van der Waals surface area (Å²) in [4.78, 5) is 17.9. The standard InChI is InChI=1S/C23H30ClN3O/c1-2-25-17-19(18-6-8-20(24)9-7-18)16-22(25)23(28)27-14-10-21(11-15-27)26-12-4-3-5-13-26/h6-9,16-17,21H,2-5,10-15H2,1H3. The first-order valence-electron chi connectivity index (χ1n) is 10.6. The van der Waals surface area contributed by atoms with Gasteiger partial charge in [-0.1, -0.05) is 30.2 Å². The molecule has 2 aromatic rings. The van der Waals surface area contributed by atoms with E-state index in [0.717, 1.165) is 54.3 Å². The number of nitrogens with zero attached hydrogens (tertiary/aromatic N) is 3. The minimum Gasteiger partial charge on any atom is -0.343 e. The van der Waals surface area contributed by atoms with Crippen LogP contribution >= 0.6 is 11.6 Å². The van der Waals surface area contributed by atoms with Crippen LogP contribution in [0, 0.1) is 0 Å². The third-order valence-corrected chi connectivity index (χ3v) is 6.54. The molecule has 0 unspecified atom stereocenters. The number of amides is 1. The highest BCUT2D eigenvalue weighted by atomic mass is 35.5. The first-order valence-corrected chi connectivity index (χ1v) is 11.0. The first-order chi connectivity index (χ1) is 13.7. The van der Waals surface area contributed by atoms with Crippen molar-refractivity contribution in [1.29, 1.82) is 0 Å². The third-order valence-electron chi connectivity index (χ3n) is 6.29. The lowest BCUT2D eigenvalue weighted by molar-refractivity contribution is 0.0580. The number of likely N-dealkylation sites (tertiary alicyclic amines) is 2. The molecule has 0 bridgehead atoms. The number of aromatic nitrogens is 1. The molecule has 0 radical (unpaired) electrons. The minimum atomic E-state index is 0.166. The van der Waals surface area contributed by atoms with Gasteiger partial charge in [0.1, 0.15) is 5.69 Å². The monoisotopic (exact) mass is 399 g/mol. The molecule has 0 spiro atoms. The minimum absolute atomic E-state index is 0.166. The molecule has 2 fully saturated rings. The number of aryl methyl sites for hydroxylation is 1. The maximum absolute atomic E-state index is 13.2. The summed E-state index contributed by atoms with van der Waals surface area (Å²) in [5.41, 5.74) is 2.96. The molecule has 5 heteroatoms. The molecular formula is C23H30ClN3O. The van der Waals surface area contributed by atoms with Crippen LogP contribution in [0.5, 0.6) is 0 Å². The van der Waals surface area contributed by atoms with E-state index in [4.69, 9.17) is 11.6 Å². The summed E-state index contributed by atoms with van der Waals surface area (Å²) in [6.07, 6.45) is 8.31. The molecule has 4 nitrogen and oxygen atoms in total. The van der Waals surface area contributed by atoms with Crippen LogP contribution in [0.1, 0.15) is 49.5 Å². The van der Waals surface area contributed by atoms with Crippen LogP contribution in [-0.4, -0.2) is 52.5 Å². The number of carbonyl (C=O) groups is 1. The number of rotatable bonds is 4. The average Bonchev–Trinajstić information content (AvgIpc) is 3.19. The lowest BCUT2D eigenvalue weighted by atomic mass is 9.99. The van der Waals surface area contributed by atoms with Crippen LogP contribution < -0.4 is 0 Å². The van der Waals surface area contributed by atoms with E-state index in [2.05, 4.69) is 22.6 Å². The summed E-state index contributed by atoms with van der Waals surface area (Å²) in [6.45, 7) is 7.09. The van der Waals surface area contributed by atoms with Gasteiger partial charge in [0.15, 0.2) is 0 Å². The van der Waals surface area contributed by atoms with Crippen molar-refractivity contribution in [2.45, 2.75) is 51.6 Å². The highest BCUT2D eigenvalue weighted by molar-refractivity contribution is 6.30. The van der Waals surface area contributed by atoms with Crippen molar-refractivity contribution in [2.75, 3.05) is 26.2 Å². The summed E-state index contributed by atoms with van der Waals surface area (Å²) in [5, 5.41) is 0.728. The fourth-order valence-electron chi connectivity index (χ4n) is 4.63. The highest BCUT2D eigenvalue weighted by Crippen LogP contribution is 2.26.